The molecule has 1 aromatic carbocycles. The molecule has 1 fully saturated rings. The third-order valence-electron chi connectivity index (χ3n) is 7.19. The first-order valence-corrected chi connectivity index (χ1v) is 13.7. The van der Waals surface area contributed by atoms with E-state index < -0.39 is 5.60 Å². The Balaban J connectivity index is 1.41. The predicted molar refractivity (Wildman–Crippen MR) is 152 cm³/mol. The fourth-order valence-corrected chi connectivity index (χ4v) is 4.98. The Labute approximate surface area is 238 Å². The molecule has 0 aliphatic carbocycles. The van der Waals surface area contributed by atoms with Crippen molar-refractivity contribution in [1.82, 2.24) is 39.3 Å². The Morgan fingerprint density at radius 2 is 1.95 bits per heavy atom. The number of rotatable bonds is 6. The number of nitrogens with zero attached hydrogens (tertiary/aromatic N) is 8. The molecule has 4 aromatic rings. The van der Waals surface area contributed by atoms with Gasteiger partial charge in [-0.15, -0.1) is 0 Å². The molecule has 0 radical (unpaired) electrons. The summed E-state index contributed by atoms with van der Waals surface area (Å²) in [5, 5.41) is 19.5. The second-order valence-electron chi connectivity index (χ2n) is 11.4. The highest BCUT2D eigenvalue weighted by Gasteiger charge is 2.31. The van der Waals surface area contributed by atoms with Crippen LogP contribution in [0.3, 0.4) is 0 Å². The monoisotopic (exact) mass is 560 g/mol. The molecule has 3 aromatic heterocycles. The lowest BCUT2D eigenvalue weighted by molar-refractivity contribution is 0.0288. The minimum atomic E-state index is -0.558. The zero-order chi connectivity index (χ0) is 29.5. The van der Waals surface area contributed by atoms with Crippen molar-refractivity contribution in [2.45, 2.75) is 65.8 Å². The molecule has 12 nitrogen and oxygen atoms in total. The normalized spacial score (nSPS) is 15.5. The van der Waals surface area contributed by atoms with E-state index in [1.54, 1.807) is 35.3 Å². The van der Waals surface area contributed by atoms with Gasteiger partial charge in [-0.3, -0.25) is 14.2 Å². The molecule has 41 heavy (non-hydrogen) atoms. The summed E-state index contributed by atoms with van der Waals surface area (Å²) in [5.41, 5.74) is 2.76. The van der Waals surface area contributed by atoms with Crippen LogP contribution in [0.1, 0.15) is 61.9 Å². The number of aromatic hydroxyl groups is 1. The maximum absolute atomic E-state index is 13.7. The number of phenols is 1. The zero-order valence-electron chi connectivity index (χ0n) is 24.3. The number of amides is 2. The standard InChI is InChI=1S/C29H36N8O4/c1-7-36-18(2)19(13-30-36)15-34(6)27(39)25-23-12-22(38)8-9-24(23)32-26(33-25)20-14-31-37(16-20)21-10-11-35(17-21)28(40)41-29(3,4)5/h8-9,12-14,16,21,38H,7,10-11,15,17H2,1-6H3. The van der Waals surface area contributed by atoms with E-state index in [0.717, 1.165) is 24.2 Å². The van der Waals surface area contributed by atoms with E-state index in [0.29, 0.717) is 41.9 Å². The van der Waals surface area contributed by atoms with Gasteiger partial charge in [0.15, 0.2) is 5.82 Å². The molecule has 1 aliphatic rings. The van der Waals surface area contributed by atoms with Crippen molar-refractivity contribution in [3.63, 3.8) is 0 Å². The van der Waals surface area contributed by atoms with Gasteiger partial charge in [0.2, 0.25) is 0 Å². The zero-order valence-corrected chi connectivity index (χ0v) is 24.3. The first-order valence-electron chi connectivity index (χ1n) is 13.7. The van der Waals surface area contributed by atoms with Gasteiger partial charge in [0, 0.05) is 56.1 Å². The van der Waals surface area contributed by atoms with Crippen molar-refractivity contribution in [2.24, 2.45) is 0 Å². The topological polar surface area (TPSA) is 132 Å². The third kappa shape index (κ3) is 5.86. The number of benzene rings is 1. The van der Waals surface area contributed by atoms with Crippen molar-refractivity contribution < 1.29 is 19.4 Å². The summed E-state index contributed by atoms with van der Waals surface area (Å²) < 4.78 is 9.21. The molecule has 0 bridgehead atoms. The van der Waals surface area contributed by atoms with Gasteiger partial charge in [0.1, 0.15) is 17.0 Å². The summed E-state index contributed by atoms with van der Waals surface area (Å²) in [5.74, 6) is 0.0708. The highest BCUT2D eigenvalue weighted by Crippen LogP contribution is 2.28. The number of hydrogen-bond donors (Lipinski definition) is 1. The van der Waals surface area contributed by atoms with E-state index in [1.165, 1.54) is 12.1 Å². The van der Waals surface area contributed by atoms with Crippen LogP contribution < -0.4 is 0 Å². The van der Waals surface area contributed by atoms with E-state index in [2.05, 4.69) is 20.2 Å². The molecule has 5 rings (SSSR count). The Morgan fingerprint density at radius 1 is 1.17 bits per heavy atom. The number of phenolic OH excluding ortho intramolecular Hbond substituents is 1. The molecule has 0 saturated carbocycles. The minimum absolute atomic E-state index is 0.0202. The molecule has 1 atom stereocenters. The number of fused-ring (bicyclic) bond motifs is 1. The van der Waals surface area contributed by atoms with Crippen LogP contribution in [0, 0.1) is 6.92 Å². The van der Waals surface area contributed by atoms with Gasteiger partial charge in [0.05, 0.1) is 29.5 Å². The summed E-state index contributed by atoms with van der Waals surface area (Å²) in [6.45, 7) is 11.7. The first-order chi connectivity index (χ1) is 19.4. The molecule has 0 spiro atoms. The number of aromatic nitrogens is 6. The molecule has 1 aliphatic heterocycles. The van der Waals surface area contributed by atoms with E-state index in [4.69, 9.17) is 4.74 Å². The summed E-state index contributed by atoms with van der Waals surface area (Å²) in [4.78, 5) is 38.9. The molecule has 4 heterocycles. The second-order valence-corrected chi connectivity index (χ2v) is 11.4. The number of carbonyl (C=O) groups excluding carboxylic acids is 2. The van der Waals surface area contributed by atoms with Crippen LogP contribution >= 0.6 is 0 Å². The van der Waals surface area contributed by atoms with Crippen LogP contribution in [0.15, 0.2) is 36.8 Å². The molecule has 1 saturated heterocycles. The van der Waals surface area contributed by atoms with Gasteiger partial charge in [-0.05, 0) is 59.2 Å². The fraction of sp³-hybridized carbons (Fsp3) is 0.448. The van der Waals surface area contributed by atoms with E-state index in [9.17, 15) is 14.7 Å². The molecule has 1 N–H and O–H groups in total. The van der Waals surface area contributed by atoms with Crippen LogP contribution in [0.4, 0.5) is 4.79 Å². The highest BCUT2D eigenvalue weighted by atomic mass is 16.6. The summed E-state index contributed by atoms with van der Waals surface area (Å²) in [6, 6.07) is 4.69. The van der Waals surface area contributed by atoms with Gasteiger partial charge in [-0.25, -0.2) is 14.8 Å². The maximum atomic E-state index is 13.7. The Bertz CT molecular complexity index is 1600. The Morgan fingerprint density at radius 3 is 2.66 bits per heavy atom. The van der Waals surface area contributed by atoms with E-state index in [1.807, 2.05) is 50.2 Å². The Kier molecular flexibility index (Phi) is 7.41. The van der Waals surface area contributed by atoms with Crippen LogP contribution in [-0.2, 0) is 17.8 Å². The van der Waals surface area contributed by atoms with Crippen molar-refractivity contribution in [3.05, 3.63) is 53.7 Å². The predicted octanol–water partition coefficient (Wildman–Crippen LogP) is 4.18. The Hall–Kier alpha value is -4.48. The van der Waals surface area contributed by atoms with Crippen LogP contribution in [0.25, 0.3) is 22.3 Å². The van der Waals surface area contributed by atoms with E-state index in [-0.39, 0.29) is 29.5 Å². The molecule has 216 valence electrons. The number of ether oxygens (including phenoxy) is 1. The van der Waals surface area contributed by atoms with Gasteiger partial charge in [0.25, 0.3) is 5.91 Å². The number of hydrogen-bond acceptors (Lipinski definition) is 8. The van der Waals surface area contributed by atoms with Crippen LogP contribution in [0.2, 0.25) is 0 Å². The first kappa shape index (κ1) is 28.1. The lowest BCUT2D eigenvalue weighted by atomic mass is 10.1. The molecular weight excluding hydrogens is 524 g/mol. The van der Waals surface area contributed by atoms with Gasteiger partial charge < -0.3 is 19.6 Å². The minimum Gasteiger partial charge on any atom is -0.508 e. The van der Waals surface area contributed by atoms with Crippen molar-refractivity contribution in [2.75, 3.05) is 20.1 Å². The molecule has 2 amide bonds. The lowest BCUT2D eigenvalue weighted by Gasteiger charge is -2.24. The quantitative estimate of drug-likeness (QED) is 0.372. The van der Waals surface area contributed by atoms with Crippen LogP contribution in [-0.4, -0.2) is 82.2 Å². The molecule has 12 heteroatoms. The second kappa shape index (κ2) is 10.8. The molecule has 1 unspecified atom stereocenters. The largest absolute Gasteiger partial charge is 0.508 e. The SMILES string of the molecule is CCn1ncc(CN(C)C(=O)c2nc(-c3cnn(C4CCN(C(=O)OC(C)(C)C)C4)c3)nc3ccc(O)cc23)c1C. The summed E-state index contributed by atoms with van der Waals surface area (Å²) >= 11 is 0. The van der Waals surface area contributed by atoms with Gasteiger partial charge in [-0.1, -0.05) is 0 Å². The average Bonchev–Trinajstić information content (AvgIpc) is 3.67. The van der Waals surface area contributed by atoms with Crippen LogP contribution in [0.5, 0.6) is 5.75 Å². The number of likely N-dealkylation sites (tertiary alicyclic amines) is 1. The van der Waals surface area contributed by atoms with Gasteiger partial charge in [-0.2, -0.15) is 10.2 Å². The molecular formula is C29H36N8O4. The summed E-state index contributed by atoms with van der Waals surface area (Å²) in [7, 11) is 1.72. The maximum Gasteiger partial charge on any atom is 0.410 e. The van der Waals surface area contributed by atoms with E-state index >= 15 is 0 Å². The van der Waals surface area contributed by atoms with Gasteiger partial charge >= 0.3 is 6.09 Å². The average molecular weight is 561 g/mol. The number of carbonyl (C=O) groups is 2. The van der Waals surface area contributed by atoms with Crippen molar-refractivity contribution >= 4 is 22.9 Å². The summed E-state index contributed by atoms with van der Waals surface area (Å²) in [6.07, 6.45) is 5.68. The number of aryl methyl sites for hydroxylation is 1. The van der Waals surface area contributed by atoms with Crippen molar-refractivity contribution in [3.8, 4) is 17.1 Å². The highest BCUT2D eigenvalue weighted by molar-refractivity contribution is 6.05. The van der Waals surface area contributed by atoms with Crippen molar-refractivity contribution in [1.29, 1.82) is 0 Å². The smallest absolute Gasteiger partial charge is 0.410 e. The fourth-order valence-electron chi connectivity index (χ4n) is 4.98. The third-order valence-corrected chi connectivity index (χ3v) is 7.19. The lowest BCUT2D eigenvalue weighted by Crippen LogP contribution is -2.35.